The Morgan fingerprint density at radius 3 is 2.50 bits per heavy atom. The van der Waals surface area contributed by atoms with Crippen molar-refractivity contribution in [3.63, 3.8) is 0 Å². The maximum atomic E-state index is 9.80. The summed E-state index contributed by atoms with van der Waals surface area (Å²) >= 11 is 0. The minimum atomic E-state index is -0.958. The van der Waals surface area contributed by atoms with Crippen LogP contribution in [-0.2, 0) is 16.1 Å². The molecular formula is C14H18O4. The number of aliphatic hydroxyl groups is 2. The molecule has 0 amide bonds. The van der Waals surface area contributed by atoms with E-state index in [-0.39, 0.29) is 6.10 Å². The van der Waals surface area contributed by atoms with Crippen LogP contribution in [0.15, 0.2) is 42.5 Å². The summed E-state index contributed by atoms with van der Waals surface area (Å²) < 4.78 is 10.9. The zero-order valence-electron chi connectivity index (χ0n) is 10.3. The minimum absolute atomic E-state index is 0.353. The predicted octanol–water partition coefficient (Wildman–Crippen LogP) is 0.878. The van der Waals surface area contributed by atoms with Gasteiger partial charge in [0.05, 0.1) is 6.61 Å². The normalized spacial score (nSPS) is 31.5. The van der Waals surface area contributed by atoms with Crippen molar-refractivity contribution in [2.24, 2.45) is 0 Å². The first-order valence-electron chi connectivity index (χ1n) is 5.95. The Kier molecular flexibility index (Phi) is 4.49. The second-order valence-electron chi connectivity index (χ2n) is 4.33. The minimum Gasteiger partial charge on any atom is -0.387 e. The van der Waals surface area contributed by atoms with Crippen LogP contribution < -0.4 is 0 Å². The lowest BCUT2D eigenvalue weighted by atomic mass is 9.96. The lowest BCUT2D eigenvalue weighted by Gasteiger charge is -2.33. The molecule has 0 saturated carbocycles. The summed E-state index contributed by atoms with van der Waals surface area (Å²) in [6, 6.07) is 9.78. The lowest BCUT2D eigenvalue weighted by molar-refractivity contribution is -0.126. The SMILES string of the molecule is CO[C@H]1[C@H](O)[C@@H](O)C=C[C@H]1OCc1ccccc1. The molecule has 1 aromatic rings. The third kappa shape index (κ3) is 2.97. The second kappa shape index (κ2) is 6.11. The van der Waals surface area contributed by atoms with Crippen LogP contribution in [0.1, 0.15) is 5.56 Å². The number of ether oxygens (including phenoxy) is 2. The number of rotatable bonds is 4. The molecule has 2 N–H and O–H groups in total. The number of hydrogen-bond acceptors (Lipinski definition) is 4. The molecule has 0 aliphatic heterocycles. The number of hydrogen-bond donors (Lipinski definition) is 2. The van der Waals surface area contributed by atoms with Gasteiger partial charge in [-0.15, -0.1) is 0 Å². The van der Waals surface area contributed by atoms with Crippen LogP contribution >= 0.6 is 0 Å². The van der Waals surface area contributed by atoms with Gasteiger partial charge in [0.15, 0.2) is 0 Å². The van der Waals surface area contributed by atoms with E-state index in [1.807, 2.05) is 30.3 Å². The highest BCUT2D eigenvalue weighted by atomic mass is 16.5. The third-order valence-electron chi connectivity index (χ3n) is 3.07. The van der Waals surface area contributed by atoms with Crippen molar-refractivity contribution in [2.75, 3.05) is 7.11 Å². The summed E-state index contributed by atoms with van der Waals surface area (Å²) in [7, 11) is 1.50. The molecule has 18 heavy (non-hydrogen) atoms. The average Bonchev–Trinajstić information content (AvgIpc) is 2.41. The number of benzene rings is 1. The van der Waals surface area contributed by atoms with Gasteiger partial charge in [-0.05, 0) is 5.56 Å². The molecule has 0 heterocycles. The fourth-order valence-corrected chi connectivity index (χ4v) is 2.03. The third-order valence-corrected chi connectivity index (χ3v) is 3.07. The standard InChI is InChI=1S/C14H18O4/c1-17-14-12(8-7-11(15)13(14)16)18-9-10-5-3-2-4-6-10/h2-8,11-16H,9H2,1H3/t11-,12+,13+,14+/m0/s1. The summed E-state index contributed by atoms with van der Waals surface area (Å²) in [5, 5.41) is 19.3. The Morgan fingerprint density at radius 2 is 1.83 bits per heavy atom. The van der Waals surface area contributed by atoms with Gasteiger partial charge >= 0.3 is 0 Å². The smallest absolute Gasteiger partial charge is 0.116 e. The Labute approximate surface area is 106 Å². The van der Waals surface area contributed by atoms with Gasteiger partial charge in [0.1, 0.15) is 24.4 Å². The number of aliphatic hydroxyl groups excluding tert-OH is 2. The van der Waals surface area contributed by atoms with Crippen molar-refractivity contribution in [1.82, 2.24) is 0 Å². The molecule has 1 aromatic carbocycles. The monoisotopic (exact) mass is 250 g/mol. The molecule has 0 bridgehead atoms. The molecule has 4 atom stereocenters. The van der Waals surface area contributed by atoms with Crippen LogP contribution in [0.25, 0.3) is 0 Å². The summed E-state index contributed by atoms with van der Waals surface area (Å²) in [5.41, 5.74) is 1.06. The van der Waals surface area contributed by atoms with E-state index in [9.17, 15) is 10.2 Å². The summed E-state index contributed by atoms with van der Waals surface area (Å²) in [4.78, 5) is 0. The van der Waals surface area contributed by atoms with E-state index in [1.165, 1.54) is 13.2 Å². The molecule has 0 unspecified atom stereocenters. The molecule has 0 fully saturated rings. The molecule has 4 heteroatoms. The topological polar surface area (TPSA) is 58.9 Å². The van der Waals surface area contributed by atoms with Gasteiger partial charge in [-0.25, -0.2) is 0 Å². The largest absolute Gasteiger partial charge is 0.387 e. The molecule has 0 radical (unpaired) electrons. The first-order valence-corrected chi connectivity index (χ1v) is 5.95. The predicted molar refractivity (Wildman–Crippen MR) is 67.0 cm³/mol. The van der Waals surface area contributed by atoms with Crippen LogP contribution in [0.2, 0.25) is 0 Å². The molecule has 98 valence electrons. The highest BCUT2D eigenvalue weighted by molar-refractivity contribution is 5.14. The second-order valence-corrected chi connectivity index (χ2v) is 4.33. The Bertz CT molecular complexity index is 390. The fraction of sp³-hybridized carbons (Fsp3) is 0.429. The molecule has 0 aromatic heterocycles. The quantitative estimate of drug-likeness (QED) is 0.779. The van der Waals surface area contributed by atoms with Crippen LogP contribution in [0.3, 0.4) is 0 Å². The van der Waals surface area contributed by atoms with Crippen molar-refractivity contribution in [2.45, 2.75) is 31.0 Å². The fourth-order valence-electron chi connectivity index (χ4n) is 2.03. The van der Waals surface area contributed by atoms with Crippen molar-refractivity contribution in [1.29, 1.82) is 0 Å². The van der Waals surface area contributed by atoms with E-state index in [0.29, 0.717) is 6.61 Å². The highest BCUT2D eigenvalue weighted by Gasteiger charge is 2.35. The van der Waals surface area contributed by atoms with Crippen LogP contribution in [-0.4, -0.2) is 41.7 Å². The van der Waals surface area contributed by atoms with Crippen LogP contribution in [0, 0.1) is 0 Å². The maximum Gasteiger partial charge on any atom is 0.116 e. The Balaban J connectivity index is 1.98. The van der Waals surface area contributed by atoms with Gasteiger partial charge < -0.3 is 19.7 Å². The van der Waals surface area contributed by atoms with Crippen LogP contribution in [0.4, 0.5) is 0 Å². The summed E-state index contributed by atoms with van der Waals surface area (Å²) in [5.74, 6) is 0. The molecule has 1 aliphatic carbocycles. The number of methoxy groups -OCH3 is 1. The molecule has 0 spiro atoms. The zero-order valence-corrected chi connectivity index (χ0v) is 10.3. The molecule has 4 nitrogen and oxygen atoms in total. The van der Waals surface area contributed by atoms with E-state index in [2.05, 4.69) is 0 Å². The van der Waals surface area contributed by atoms with E-state index in [1.54, 1.807) is 6.08 Å². The lowest BCUT2D eigenvalue weighted by Crippen LogP contribution is -2.48. The maximum absolute atomic E-state index is 9.80. The van der Waals surface area contributed by atoms with Crippen LogP contribution in [0.5, 0.6) is 0 Å². The Morgan fingerprint density at radius 1 is 1.11 bits per heavy atom. The van der Waals surface area contributed by atoms with E-state index in [0.717, 1.165) is 5.56 Å². The Hall–Kier alpha value is -1.20. The van der Waals surface area contributed by atoms with Gasteiger partial charge in [-0.1, -0.05) is 42.5 Å². The van der Waals surface area contributed by atoms with Crippen molar-refractivity contribution in [3.8, 4) is 0 Å². The van der Waals surface area contributed by atoms with Gasteiger partial charge in [-0.3, -0.25) is 0 Å². The summed E-state index contributed by atoms with van der Waals surface area (Å²) in [6.07, 6.45) is 0.513. The van der Waals surface area contributed by atoms with Gasteiger partial charge in [0, 0.05) is 7.11 Å². The molecule has 2 rings (SSSR count). The summed E-state index contributed by atoms with van der Waals surface area (Å²) in [6.45, 7) is 0.443. The van der Waals surface area contributed by atoms with Gasteiger partial charge in [-0.2, -0.15) is 0 Å². The highest BCUT2D eigenvalue weighted by Crippen LogP contribution is 2.20. The van der Waals surface area contributed by atoms with Gasteiger partial charge in [0.25, 0.3) is 0 Å². The zero-order chi connectivity index (χ0) is 13.0. The van der Waals surface area contributed by atoms with Crippen molar-refractivity contribution < 1.29 is 19.7 Å². The first-order chi connectivity index (χ1) is 8.72. The van der Waals surface area contributed by atoms with E-state index < -0.39 is 18.3 Å². The molecular weight excluding hydrogens is 232 g/mol. The van der Waals surface area contributed by atoms with Gasteiger partial charge in [0.2, 0.25) is 0 Å². The van der Waals surface area contributed by atoms with Crippen molar-refractivity contribution in [3.05, 3.63) is 48.0 Å². The molecule has 0 saturated heterocycles. The average molecular weight is 250 g/mol. The van der Waals surface area contributed by atoms with Crippen molar-refractivity contribution >= 4 is 0 Å². The van der Waals surface area contributed by atoms with E-state index >= 15 is 0 Å². The first kappa shape index (κ1) is 13.2. The molecule has 1 aliphatic rings. The van der Waals surface area contributed by atoms with E-state index in [4.69, 9.17) is 9.47 Å².